The van der Waals surface area contributed by atoms with Crippen LogP contribution in [0.3, 0.4) is 0 Å². The van der Waals surface area contributed by atoms with E-state index in [1.807, 2.05) is 48.7 Å². The lowest BCUT2D eigenvalue weighted by Gasteiger charge is -2.23. The van der Waals surface area contributed by atoms with Crippen LogP contribution >= 0.6 is 0 Å². The minimum Gasteiger partial charge on any atom is -1.00 e. The number of anilines is 2. The zero-order chi connectivity index (χ0) is 14.2. The Bertz CT molecular complexity index is 807. The lowest BCUT2D eigenvalue weighted by molar-refractivity contribution is -0.698. The molecule has 6 heteroatoms. The number of rotatable bonds is 1. The molecule has 3 N–H and O–H groups in total. The van der Waals surface area contributed by atoms with E-state index in [0.29, 0.717) is 5.69 Å². The van der Waals surface area contributed by atoms with Crippen LogP contribution in [0.1, 0.15) is 11.9 Å². The summed E-state index contributed by atoms with van der Waals surface area (Å²) in [5.74, 6) is 0. The molecule has 0 aliphatic carbocycles. The van der Waals surface area contributed by atoms with Crippen molar-refractivity contribution in [3.63, 3.8) is 0 Å². The van der Waals surface area contributed by atoms with Crippen LogP contribution in [0, 0.1) is 0 Å². The Labute approximate surface area is 134 Å². The minimum atomic E-state index is -0.0959. The van der Waals surface area contributed by atoms with Gasteiger partial charge in [0.1, 0.15) is 11.4 Å². The highest BCUT2D eigenvalue weighted by molar-refractivity contribution is 5.78. The van der Waals surface area contributed by atoms with Gasteiger partial charge in [-0.05, 0) is 30.3 Å². The fourth-order valence-electron chi connectivity index (χ4n) is 2.70. The standard InChI is InChI=1S/C16H13N5.ClH/c17-11-5-4-10-21-15(11)14-12(7-3-9-19-14)20-16(21)13-6-1-2-8-18-13;/h1-10,16H,17H2;1H/t16-;/m0./s1. The van der Waals surface area contributed by atoms with Crippen LogP contribution in [0.15, 0.2) is 61.1 Å². The number of nitrogens with zero attached hydrogens (tertiary/aromatic N) is 3. The average Bonchev–Trinajstić information content (AvgIpc) is 2.55. The molecule has 0 unspecified atom stereocenters. The zero-order valence-electron chi connectivity index (χ0n) is 11.6. The molecule has 110 valence electrons. The van der Waals surface area contributed by atoms with Crippen molar-refractivity contribution in [3.8, 4) is 11.4 Å². The molecule has 1 aliphatic heterocycles. The van der Waals surface area contributed by atoms with Crippen LogP contribution in [0.2, 0.25) is 0 Å². The van der Waals surface area contributed by atoms with Crippen LogP contribution in [0.4, 0.5) is 11.4 Å². The first-order valence-corrected chi connectivity index (χ1v) is 6.77. The molecule has 0 saturated heterocycles. The summed E-state index contributed by atoms with van der Waals surface area (Å²) in [4.78, 5) is 8.93. The van der Waals surface area contributed by atoms with Gasteiger partial charge in [-0.15, -0.1) is 0 Å². The molecule has 0 aromatic carbocycles. The molecular formula is C16H14ClN5. The van der Waals surface area contributed by atoms with Crippen molar-refractivity contribution in [1.82, 2.24) is 9.97 Å². The topological polar surface area (TPSA) is 67.7 Å². The Hall–Kier alpha value is -2.66. The molecule has 0 bridgehead atoms. The SMILES string of the molecule is Nc1ccc[n+]2c1-c1ncccc1N[C@@H]2c1ccccn1.[Cl-]. The maximum atomic E-state index is 6.19. The molecule has 4 heterocycles. The summed E-state index contributed by atoms with van der Waals surface area (Å²) in [5.41, 5.74) is 10.6. The normalized spacial score (nSPS) is 15.0. The van der Waals surface area contributed by atoms with Gasteiger partial charge in [0, 0.05) is 18.5 Å². The Morgan fingerprint density at radius 1 is 1.00 bits per heavy atom. The van der Waals surface area contributed by atoms with Crippen LogP contribution < -0.4 is 28.0 Å². The van der Waals surface area contributed by atoms with Gasteiger partial charge in [-0.2, -0.15) is 4.57 Å². The predicted molar refractivity (Wildman–Crippen MR) is 80.3 cm³/mol. The molecule has 5 nitrogen and oxygen atoms in total. The van der Waals surface area contributed by atoms with Gasteiger partial charge in [-0.1, -0.05) is 6.07 Å². The number of fused-ring (bicyclic) bond motifs is 3. The van der Waals surface area contributed by atoms with Gasteiger partial charge < -0.3 is 23.5 Å². The second kappa shape index (κ2) is 5.61. The summed E-state index contributed by atoms with van der Waals surface area (Å²) in [6.07, 6.45) is 5.47. The van der Waals surface area contributed by atoms with Crippen LogP contribution in [-0.4, -0.2) is 9.97 Å². The van der Waals surface area contributed by atoms with E-state index in [0.717, 1.165) is 22.8 Å². The summed E-state index contributed by atoms with van der Waals surface area (Å²) in [6.45, 7) is 0. The second-order valence-electron chi connectivity index (χ2n) is 4.92. The predicted octanol–water partition coefficient (Wildman–Crippen LogP) is -1.01. The quantitative estimate of drug-likeness (QED) is 0.565. The van der Waals surface area contributed by atoms with Gasteiger partial charge in [0.25, 0.3) is 11.9 Å². The fourth-order valence-corrected chi connectivity index (χ4v) is 2.70. The van der Waals surface area contributed by atoms with E-state index >= 15 is 0 Å². The first-order chi connectivity index (χ1) is 10.3. The Kier molecular flexibility index (Phi) is 3.65. The third kappa shape index (κ3) is 2.16. The van der Waals surface area contributed by atoms with E-state index in [4.69, 9.17) is 5.73 Å². The molecular weight excluding hydrogens is 298 g/mol. The van der Waals surface area contributed by atoms with Crippen LogP contribution in [0.5, 0.6) is 0 Å². The first kappa shape index (κ1) is 14.3. The Balaban J connectivity index is 0.00000144. The third-order valence-corrected chi connectivity index (χ3v) is 3.62. The summed E-state index contributed by atoms with van der Waals surface area (Å²) in [7, 11) is 0. The van der Waals surface area contributed by atoms with Gasteiger partial charge in [0.15, 0.2) is 11.9 Å². The van der Waals surface area contributed by atoms with Gasteiger partial charge in [-0.25, -0.2) is 4.98 Å². The molecule has 1 aliphatic rings. The average molecular weight is 312 g/mol. The number of hydrogen-bond acceptors (Lipinski definition) is 4. The molecule has 0 amide bonds. The van der Waals surface area contributed by atoms with Crippen molar-refractivity contribution in [2.24, 2.45) is 0 Å². The van der Waals surface area contributed by atoms with Gasteiger partial charge in [-0.3, -0.25) is 4.98 Å². The summed E-state index contributed by atoms with van der Waals surface area (Å²) in [6, 6.07) is 13.6. The van der Waals surface area contributed by atoms with E-state index in [2.05, 4.69) is 19.9 Å². The third-order valence-electron chi connectivity index (χ3n) is 3.62. The van der Waals surface area contributed by atoms with E-state index in [1.54, 1.807) is 12.4 Å². The summed E-state index contributed by atoms with van der Waals surface area (Å²) in [5, 5.41) is 3.48. The minimum absolute atomic E-state index is 0. The lowest BCUT2D eigenvalue weighted by atomic mass is 10.1. The van der Waals surface area contributed by atoms with Crippen molar-refractivity contribution in [2.75, 3.05) is 11.1 Å². The van der Waals surface area contributed by atoms with Crippen molar-refractivity contribution >= 4 is 11.4 Å². The number of nitrogen functional groups attached to an aromatic ring is 1. The molecule has 0 fully saturated rings. The van der Waals surface area contributed by atoms with Crippen molar-refractivity contribution in [3.05, 3.63) is 66.7 Å². The largest absolute Gasteiger partial charge is 1.00 e. The number of aromatic nitrogens is 3. The van der Waals surface area contributed by atoms with E-state index in [-0.39, 0.29) is 18.6 Å². The molecule has 0 spiro atoms. The zero-order valence-corrected chi connectivity index (χ0v) is 12.4. The maximum absolute atomic E-state index is 6.19. The number of pyridine rings is 3. The maximum Gasteiger partial charge on any atom is 0.275 e. The number of nitrogens with two attached hydrogens (primary N) is 1. The van der Waals surface area contributed by atoms with E-state index in [1.165, 1.54) is 0 Å². The van der Waals surface area contributed by atoms with Gasteiger partial charge in [0.2, 0.25) is 0 Å². The Morgan fingerprint density at radius 3 is 2.68 bits per heavy atom. The molecule has 4 rings (SSSR count). The lowest BCUT2D eigenvalue weighted by Crippen LogP contribution is -3.00. The van der Waals surface area contributed by atoms with Gasteiger partial charge >= 0.3 is 0 Å². The molecule has 0 radical (unpaired) electrons. The number of halogens is 1. The molecule has 3 aromatic heterocycles. The highest BCUT2D eigenvalue weighted by Crippen LogP contribution is 2.33. The monoisotopic (exact) mass is 311 g/mol. The molecule has 22 heavy (non-hydrogen) atoms. The molecule has 1 atom stereocenters. The van der Waals surface area contributed by atoms with Gasteiger partial charge in [0.05, 0.1) is 5.69 Å². The first-order valence-electron chi connectivity index (χ1n) is 6.77. The van der Waals surface area contributed by atoms with E-state index in [9.17, 15) is 0 Å². The number of hydrogen-bond donors (Lipinski definition) is 2. The fraction of sp³-hybridized carbons (Fsp3) is 0.0625. The van der Waals surface area contributed by atoms with Crippen LogP contribution in [0.25, 0.3) is 11.4 Å². The Morgan fingerprint density at radius 2 is 1.86 bits per heavy atom. The van der Waals surface area contributed by atoms with Crippen LogP contribution in [-0.2, 0) is 0 Å². The number of nitrogens with one attached hydrogen (secondary N) is 1. The van der Waals surface area contributed by atoms with Crippen molar-refractivity contribution in [1.29, 1.82) is 0 Å². The molecule has 0 saturated carbocycles. The second-order valence-corrected chi connectivity index (χ2v) is 4.92. The van der Waals surface area contributed by atoms with E-state index < -0.39 is 0 Å². The highest BCUT2D eigenvalue weighted by atomic mass is 35.5. The highest BCUT2D eigenvalue weighted by Gasteiger charge is 2.35. The summed E-state index contributed by atoms with van der Waals surface area (Å²) >= 11 is 0. The smallest absolute Gasteiger partial charge is 0.275 e. The van der Waals surface area contributed by atoms with Crippen molar-refractivity contribution < 1.29 is 17.0 Å². The van der Waals surface area contributed by atoms with Crippen molar-refractivity contribution in [2.45, 2.75) is 6.17 Å². The molecule has 3 aromatic rings. The summed E-state index contributed by atoms with van der Waals surface area (Å²) < 4.78 is 2.08.